The lowest BCUT2D eigenvalue weighted by atomic mass is 10.1. The number of aromatic nitrogens is 1. The second kappa shape index (κ2) is 4.85. The minimum atomic E-state index is -0.108. The quantitative estimate of drug-likeness (QED) is 0.801. The van der Waals surface area contributed by atoms with Crippen LogP contribution < -0.4 is 4.74 Å². The summed E-state index contributed by atoms with van der Waals surface area (Å²) in [4.78, 5) is 12.6. The summed E-state index contributed by atoms with van der Waals surface area (Å²) in [5, 5.41) is 0.441. The summed E-state index contributed by atoms with van der Waals surface area (Å²) >= 11 is 7.14. The standard InChI is InChI=1S/C12H10ClNO2S/c1-7-10(13)12(17-14-7)11(15)8-3-5-9(16-2)6-4-8/h3-6H,1-2H3. The van der Waals surface area contributed by atoms with E-state index in [1.165, 1.54) is 0 Å². The van der Waals surface area contributed by atoms with Crippen LogP contribution in [0.25, 0.3) is 0 Å². The number of nitrogens with zero attached hydrogens (tertiary/aromatic N) is 1. The van der Waals surface area contributed by atoms with Gasteiger partial charge >= 0.3 is 0 Å². The van der Waals surface area contributed by atoms with Crippen molar-refractivity contribution in [3.8, 4) is 5.75 Å². The number of hydrogen-bond acceptors (Lipinski definition) is 4. The molecule has 3 nitrogen and oxygen atoms in total. The van der Waals surface area contributed by atoms with Crippen molar-refractivity contribution in [2.75, 3.05) is 7.11 Å². The lowest BCUT2D eigenvalue weighted by molar-refractivity contribution is 0.104. The van der Waals surface area contributed by atoms with Gasteiger partial charge in [-0.3, -0.25) is 4.79 Å². The minimum Gasteiger partial charge on any atom is -0.497 e. The van der Waals surface area contributed by atoms with Gasteiger partial charge in [-0.2, -0.15) is 4.37 Å². The maximum atomic E-state index is 12.1. The molecule has 0 bridgehead atoms. The van der Waals surface area contributed by atoms with Crippen LogP contribution >= 0.6 is 23.1 Å². The largest absolute Gasteiger partial charge is 0.497 e. The fourth-order valence-electron chi connectivity index (χ4n) is 1.37. The summed E-state index contributed by atoms with van der Waals surface area (Å²) in [6.45, 7) is 1.78. The van der Waals surface area contributed by atoms with E-state index >= 15 is 0 Å². The second-order valence-electron chi connectivity index (χ2n) is 3.47. The molecule has 0 aliphatic heterocycles. The Morgan fingerprint density at radius 1 is 1.35 bits per heavy atom. The summed E-state index contributed by atoms with van der Waals surface area (Å²) in [6.07, 6.45) is 0. The first-order valence-electron chi connectivity index (χ1n) is 4.94. The number of benzene rings is 1. The third-order valence-electron chi connectivity index (χ3n) is 2.35. The number of methoxy groups -OCH3 is 1. The molecule has 0 fully saturated rings. The highest BCUT2D eigenvalue weighted by molar-refractivity contribution is 7.09. The molecule has 0 spiro atoms. The number of rotatable bonds is 3. The highest BCUT2D eigenvalue weighted by Crippen LogP contribution is 2.27. The van der Waals surface area contributed by atoms with E-state index in [2.05, 4.69) is 4.37 Å². The lowest BCUT2D eigenvalue weighted by Gasteiger charge is -2.01. The molecule has 5 heteroatoms. The third kappa shape index (κ3) is 2.33. The van der Waals surface area contributed by atoms with Crippen molar-refractivity contribution >= 4 is 28.9 Å². The van der Waals surface area contributed by atoms with Gasteiger partial charge in [0.05, 0.1) is 17.8 Å². The van der Waals surface area contributed by atoms with Crippen LogP contribution in [-0.2, 0) is 0 Å². The molecule has 0 radical (unpaired) electrons. The van der Waals surface area contributed by atoms with Crippen LogP contribution in [0.5, 0.6) is 5.75 Å². The average molecular weight is 268 g/mol. The van der Waals surface area contributed by atoms with Crippen molar-refractivity contribution in [2.24, 2.45) is 0 Å². The Morgan fingerprint density at radius 3 is 2.47 bits per heavy atom. The van der Waals surface area contributed by atoms with Gasteiger partial charge in [0.25, 0.3) is 0 Å². The zero-order valence-electron chi connectivity index (χ0n) is 9.36. The van der Waals surface area contributed by atoms with Gasteiger partial charge in [-0.1, -0.05) is 11.6 Å². The Hall–Kier alpha value is -1.39. The summed E-state index contributed by atoms with van der Waals surface area (Å²) in [6, 6.07) is 6.92. The van der Waals surface area contributed by atoms with E-state index in [1.54, 1.807) is 38.3 Å². The number of ketones is 1. The first-order valence-corrected chi connectivity index (χ1v) is 6.09. The average Bonchev–Trinajstić information content (AvgIpc) is 2.69. The fourth-order valence-corrected chi connectivity index (χ4v) is 2.40. The molecule has 2 rings (SSSR count). The Morgan fingerprint density at radius 2 is 2.00 bits per heavy atom. The Bertz CT molecular complexity index is 548. The summed E-state index contributed by atoms with van der Waals surface area (Å²) in [7, 11) is 1.58. The normalized spacial score (nSPS) is 10.3. The first kappa shape index (κ1) is 12.1. The predicted molar refractivity (Wildman–Crippen MR) is 68.3 cm³/mol. The van der Waals surface area contributed by atoms with Crippen LogP contribution in [0, 0.1) is 6.92 Å². The van der Waals surface area contributed by atoms with E-state index in [0.29, 0.717) is 26.9 Å². The molecule has 0 unspecified atom stereocenters. The van der Waals surface area contributed by atoms with Crippen LogP contribution in [0.4, 0.5) is 0 Å². The molecule has 17 heavy (non-hydrogen) atoms. The smallest absolute Gasteiger partial charge is 0.206 e. The molecule has 2 aromatic rings. The number of carbonyl (C=O) groups is 1. The van der Waals surface area contributed by atoms with E-state index in [1.807, 2.05) is 0 Å². The van der Waals surface area contributed by atoms with Crippen molar-refractivity contribution in [3.63, 3.8) is 0 Å². The van der Waals surface area contributed by atoms with Crippen molar-refractivity contribution in [2.45, 2.75) is 6.92 Å². The van der Waals surface area contributed by atoms with E-state index in [9.17, 15) is 4.79 Å². The molecule has 0 amide bonds. The van der Waals surface area contributed by atoms with Gasteiger partial charge in [-0.05, 0) is 42.7 Å². The molecule has 0 aliphatic rings. The van der Waals surface area contributed by atoms with E-state index in [0.717, 1.165) is 11.5 Å². The maximum Gasteiger partial charge on any atom is 0.206 e. The molecule has 0 saturated carbocycles. The molecule has 88 valence electrons. The molecule has 0 atom stereocenters. The summed E-state index contributed by atoms with van der Waals surface area (Å²) in [5.41, 5.74) is 1.27. The number of halogens is 1. The van der Waals surface area contributed by atoms with Crippen LogP contribution in [0.3, 0.4) is 0 Å². The van der Waals surface area contributed by atoms with Crippen molar-refractivity contribution < 1.29 is 9.53 Å². The van der Waals surface area contributed by atoms with Crippen molar-refractivity contribution in [1.82, 2.24) is 4.37 Å². The van der Waals surface area contributed by atoms with E-state index in [-0.39, 0.29) is 5.78 Å². The zero-order chi connectivity index (χ0) is 12.4. The van der Waals surface area contributed by atoms with Crippen molar-refractivity contribution in [1.29, 1.82) is 0 Å². The maximum absolute atomic E-state index is 12.1. The van der Waals surface area contributed by atoms with E-state index in [4.69, 9.17) is 16.3 Å². The van der Waals surface area contributed by atoms with Gasteiger partial charge in [0.15, 0.2) is 0 Å². The number of carbonyl (C=O) groups excluding carboxylic acids is 1. The van der Waals surface area contributed by atoms with Gasteiger partial charge in [-0.25, -0.2) is 0 Å². The second-order valence-corrected chi connectivity index (χ2v) is 4.62. The topological polar surface area (TPSA) is 39.2 Å². The number of hydrogen-bond donors (Lipinski definition) is 0. The van der Waals surface area contributed by atoms with E-state index < -0.39 is 0 Å². The molecule has 1 aromatic carbocycles. The van der Waals surface area contributed by atoms with Gasteiger partial charge in [0.1, 0.15) is 10.6 Å². The lowest BCUT2D eigenvalue weighted by Crippen LogP contribution is -1.99. The Balaban J connectivity index is 2.33. The highest BCUT2D eigenvalue weighted by atomic mass is 35.5. The van der Waals surface area contributed by atoms with Gasteiger partial charge < -0.3 is 4.74 Å². The molecular formula is C12H10ClNO2S. The fraction of sp³-hybridized carbons (Fsp3) is 0.167. The molecule has 1 heterocycles. The minimum absolute atomic E-state index is 0.108. The first-order chi connectivity index (χ1) is 8.13. The zero-order valence-corrected chi connectivity index (χ0v) is 10.9. The van der Waals surface area contributed by atoms with Crippen LogP contribution in [0.1, 0.15) is 20.9 Å². The van der Waals surface area contributed by atoms with Crippen LogP contribution in [-0.4, -0.2) is 17.3 Å². The van der Waals surface area contributed by atoms with Crippen LogP contribution in [0.2, 0.25) is 5.02 Å². The number of ether oxygens (including phenoxy) is 1. The third-order valence-corrected chi connectivity index (χ3v) is 3.86. The van der Waals surface area contributed by atoms with Gasteiger partial charge in [0, 0.05) is 5.56 Å². The highest BCUT2D eigenvalue weighted by Gasteiger charge is 2.17. The van der Waals surface area contributed by atoms with Crippen molar-refractivity contribution in [3.05, 3.63) is 45.4 Å². The monoisotopic (exact) mass is 267 g/mol. The Labute approximate surface area is 108 Å². The summed E-state index contributed by atoms with van der Waals surface area (Å²) < 4.78 is 9.10. The SMILES string of the molecule is COc1ccc(C(=O)c2snc(C)c2Cl)cc1. The molecule has 1 aromatic heterocycles. The Kier molecular flexibility index (Phi) is 3.45. The molecule has 0 saturated heterocycles. The van der Waals surface area contributed by atoms with Crippen LogP contribution in [0.15, 0.2) is 24.3 Å². The molecule has 0 aliphatic carbocycles. The molecule has 0 N–H and O–H groups in total. The molecular weight excluding hydrogens is 258 g/mol. The van der Waals surface area contributed by atoms with Gasteiger partial charge in [0.2, 0.25) is 5.78 Å². The van der Waals surface area contributed by atoms with Gasteiger partial charge in [-0.15, -0.1) is 0 Å². The predicted octanol–water partition coefficient (Wildman–Crippen LogP) is 3.34. The summed E-state index contributed by atoms with van der Waals surface area (Å²) in [5.74, 6) is 0.608. The number of aryl methyl sites for hydroxylation is 1.